The van der Waals surface area contributed by atoms with Crippen molar-refractivity contribution >= 4 is 41.7 Å². The predicted octanol–water partition coefficient (Wildman–Crippen LogP) is 2.60. The number of likely N-dealkylation sites (N-methyl/N-ethyl adjacent to an activating group) is 1. The van der Waals surface area contributed by atoms with E-state index < -0.39 is 0 Å². The minimum atomic E-state index is -0.308. The Labute approximate surface area is 211 Å². The van der Waals surface area contributed by atoms with Gasteiger partial charge in [-0.15, -0.1) is 24.0 Å². The highest BCUT2D eigenvalue weighted by Gasteiger charge is 2.27. The number of aryl methyl sites for hydroxylation is 1. The minimum absolute atomic E-state index is 0. The minimum Gasteiger partial charge on any atom is -0.353 e. The van der Waals surface area contributed by atoms with Crippen molar-refractivity contribution < 1.29 is 9.18 Å². The van der Waals surface area contributed by atoms with E-state index in [-0.39, 0.29) is 54.3 Å². The predicted molar refractivity (Wildman–Crippen MR) is 140 cm³/mol. The van der Waals surface area contributed by atoms with Gasteiger partial charge in [0.15, 0.2) is 17.6 Å². The van der Waals surface area contributed by atoms with Crippen LogP contribution in [0.1, 0.15) is 24.0 Å². The van der Waals surface area contributed by atoms with Gasteiger partial charge in [0, 0.05) is 45.5 Å². The van der Waals surface area contributed by atoms with Crippen LogP contribution in [0.5, 0.6) is 0 Å². The summed E-state index contributed by atoms with van der Waals surface area (Å²) in [6.07, 6.45) is 5.41. The molecular weight excluding hydrogens is 534 g/mol. The van der Waals surface area contributed by atoms with Gasteiger partial charge in [0.25, 0.3) is 0 Å². The molecule has 2 unspecified atom stereocenters. The Bertz CT molecular complexity index is 985. The summed E-state index contributed by atoms with van der Waals surface area (Å²) in [7, 11) is 3.46. The lowest BCUT2D eigenvalue weighted by Crippen LogP contribution is -2.50. The number of nitrogens with one attached hydrogen (secondary N) is 2. The van der Waals surface area contributed by atoms with E-state index in [4.69, 9.17) is 0 Å². The molecule has 1 saturated heterocycles. The highest BCUT2D eigenvalue weighted by atomic mass is 127. The average molecular weight is 566 g/mol. The normalized spacial score (nSPS) is 20.0. The first kappa shape index (κ1) is 25.2. The molecule has 0 saturated carbocycles. The SMILES string of the molecule is CN(C)C(=O)CN=C(NC1CCc2ccccc2C1)NC1CCN(c2ncccc2F)C1.I. The molecule has 1 aliphatic heterocycles. The molecule has 2 aromatic rings. The topological polar surface area (TPSA) is 72.9 Å². The van der Waals surface area contributed by atoms with E-state index in [0.29, 0.717) is 24.9 Å². The molecule has 0 spiro atoms. The number of anilines is 1. The monoisotopic (exact) mass is 566 g/mol. The van der Waals surface area contributed by atoms with Crippen molar-refractivity contribution in [3.05, 3.63) is 59.5 Å². The number of guanidine groups is 1. The second-order valence-electron chi connectivity index (χ2n) is 8.69. The average Bonchev–Trinajstić information content (AvgIpc) is 3.25. The van der Waals surface area contributed by atoms with Gasteiger partial charge in [-0.3, -0.25) is 4.79 Å². The summed E-state index contributed by atoms with van der Waals surface area (Å²) in [5.74, 6) is 0.661. The summed E-state index contributed by atoms with van der Waals surface area (Å²) in [6, 6.07) is 11.9. The Balaban J connectivity index is 0.00000306. The number of halogens is 2. The Kier molecular flexibility index (Phi) is 8.87. The molecule has 33 heavy (non-hydrogen) atoms. The summed E-state index contributed by atoms with van der Waals surface area (Å²) in [5.41, 5.74) is 2.77. The maximum atomic E-state index is 14.1. The Morgan fingerprint density at radius 1 is 1.15 bits per heavy atom. The highest BCUT2D eigenvalue weighted by molar-refractivity contribution is 14.0. The maximum Gasteiger partial charge on any atom is 0.243 e. The molecular formula is C24H32FIN6O. The van der Waals surface area contributed by atoms with E-state index in [2.05, 4.69) is 44.9 Å². The number of carbonyl (C=O) groups excluding carboxylic acids is 1. The van der Waals surface area contributed by atoms with Gasteiger partial charge in [0.05, 0.1) is 0 Å². The number of nitrogens with zero attached hydrogens (tertiary/aromatic N) is 4. The van der Waals surface area contributed by atoms with Crippen molar-refractivity contribution in [1.29, 1.82) is 0 Å². The van der Waals surface area contributed by atoms with E-state index in [1.165, 1.54) is 17.2 Å². The summed E-state index contributed by atoms with van der Waals surface area (Å²) >= 11 is 0. The Morgan fingerprint density at radius 3 is 2.67 bits per heavy atom. The molecule has 1 aliphatic carbocycles. The van der Waals surface area contributed by atoms with Crippen LogP contribution >= 0.6 is 24.0 Å². The quantitative estimate of drug-likeness (QED) is 0.331. The van der Waals surface area contributed by atoms with Crippen molar-refractivity contribution in [1.82, 2.24) is 20.5 Å². The molecule has 2 aliphatic rings. The van der Waals surface area contributed by atoms with Crippen LogP contribution in [0.3, 0.4) is 0 Å². The molecule has 7 nitrogen and oxygen atoms in total. The molecule has 2 N–H and O–H groups in total. The number of benzene rings is 1. The molecule has 4 rings (SSSR count). The van der Waals surface area contributed by atoms with E-state index in [9.17, 15) is 9.18 Å². The van der Waals surface area contributed by atoms with Gasteiger partial charge in [0.1, 0.15) is 6.54 Å². The Hall–Kier alpha value is -2.43. The summed E-state index contributed by atoms with van der Waals surface area (Å²) in [6.45, 7) is 1.42. The van der Waals surface area contributed by atoms with Crippen LogP contribution in [0.2, 0.25) is 0 Å². The number of pyridine rings is 1. The largest absolute Gasteiger partial charge is 0.353 e. The standard InChI is InChI=1S/C24H31FN6O.HI/c1-30(2)22(32)15-27-24(28-19-10-9-17-6-3-4-7-18(17)14-19)29-20-11-13-31(16-20)23-21(25)8-5-12-26-23;/h3-8,12,19-20H,9-11,13-16H2,1-2H3,(H2,27,28,29);1H. The van der Waals surface area contributed by atoms with Gasteiger partial charge in [-0.1, -0.05) is 24.3 Å². The zero-order valence-corrected chi connectivity index (χ0v) is 21.5. The van der Waals surface area contributed by atoms with Gasteiger partial charge in [0.2, 0.25) is 5.91 Å². The first-order chi connectivity index (χ1) is 15.5. The van der Waals surface area contributed by atoms with Gasteiger partial charge < -0.3 is 20.4 Å². The number of aromatic nitrogens is 1. The molecule has 1 fully saturated rings. The molecule has 1 amide bonds. The third-order valence-corrected chi connectivity index (χ3v) is 6.13. The van der Waals surface area contributed by atoms with Crippen molar-refractivity contribution in [2.24, 2.45) is 4.99 Å². The van der Waals surface area contributed by atoms with Crippen molar-refractivity contribution in [3.63, 3.8) is 0 Å². The van der Waals surface area contributed by atoms with Crippen molar-refractivity contribution in [2.45, 2.75) is 37.8 Å². The zero-order valence-electron chi connectivity index (χ0n) is 19.1. The van der Waals surface area contributed by atoms with Crippen molar-refractivity contribution in [3.8, 4) is 0 Å². The molecule has 1 aromatic heterocycles. The zero-order chi connectivity index (χ0) is 22.5. The second kappa shape index (κ2) is 11.6. The van der Waals surface area contributed by atoms with E-state index in [1.807, 2.05) is 4.90 Å². The van der Waals surface area contributed by atoms with Gasteiger partial charge >= 0.3 is 0 Å². The van der Waals surface area contributed by atoms with Crippen LogP contribution in [-0.4, -0.2) is 67.6 Å². The smallest absolute Gasteiger partial charge is 0.243 e. The first-order valence-corrected chi connectivity index (χ1v) is 11.2. The first-order valence-electron chi connectivity index (χ1n) is 11.2. The highest BCUT2D eigenvalue weighted by Crippen LogP contribution is 2.22. The van der Waals surface area contributed by atoms with E-state index in [1.54, 1.807) is 31.3 Å². The van der Waals surface area contributed by atoms with E-state index >= 15 is 0 Å². The van der Waals surface area contributed by atoms with Gasteiger partial charge in [-0.2, -0.15) is 0 Å². The van der Waals surface area contributed by atoms with Crippen LogP contribution in [0.15, 0.2) is 47.6 Å². The number of fused-ring (bicyclic) bond motifs is 1. The van der Waals surface area contributed by atoms with Crippen LogP contribution < -0.4 is 15.5 Å². The number of aliphatic imine (C=N–C) groups is 1. The van der Waals surface area contributed by atoms with Gasteiger partial charge in [-0.25, -0.2) is 14.4 Å². The molecule has 0 radical (unpaired) electrons. The molecule has 0 bridgehead atoms. The van der Waals surface area contributed by atoms with Crippen LogP contribution in [0.4, 0.5) is 10.2 Å². The molecule has 2 atom stereocenters. The fourth-order valence-corrected chi connectivity index (χ4v) is 4.31. The third kappa shape index (κ3) is 6.55. The molecule has 1 aromatic carbocycles. The summed E-state index contributed by atoms with van der Waals surface area (Å²) < 4.78 is 14.1. The number of amides is 1. The maximum absolute atomic E-state index is 14.1. The second-order valence-corrected chi connectivity index (χ2v) is 8.69. The molecule has 9 heteroatoms. The number of hydrogen-bond acceptors (Lipinski definition) is 4. The fourth-order valence-electron chi connectivity index (χ4n) is 4.31. The van der Waals surface area contributed by atoms with E-state index in [0.717, 1.165) is 25.7 Å². The van der Waals surface area contributed by atoms with Crippen LogP contribution in [0, 0.1) is 5.82 Å². The Morgan fingerprint density at radius 2 is 1.91 bits per heavy atom. The lowest BCUT2D eigenvalue weighted by atomic mass is 9.88. The van der Waals surface area contributed by atoms with Crippen LogP contribution in [-0.2, 0) is 17.6 Å². The van der Waals surface area contributed by atoms with Gasteiger partial charge in [-0.05, 0) is 48.9 Å². The van der Waals surface area contributed by atoms with Crippen molar-refractivity contribution in [2.75, 3.05) is 38.6 Å². The third-order valence-electron chi connectivity index (χ3n) is 6.13. The lowest BCUT2D eigenvalue weighted by molar-refractivity contribution is -0.127. The number of rotatable bonds is 5. The fraction of sp³-hybridized carbons (Fsp3) is 0.458. The van der Waals surface area contributed by atoms with Crippen LogP contribution in [0.25, 0.3) is 0 Å². The summed E-state index contributed by atoms with van der Waals surface area (Å²) in [5, 5.41) is 7.02. The summed E-state index contributed by atoms with van der Waals surface area (Å²) in [4.78, 5) is 24.4. The molecule has 2 heterocycles. The number of carbonyl (C=O) groups is 1. The number of hydrogen-bond donors (Lipinski definition) is 2. The molecule has 178 valence electrons. The lowest BCUT2D eigenvalue weighted by Gasteiger charge is -2.28.